The van der Waals surface area contributed by atoms with Crippen molar-refractivity contribution in [2.45, 2.75) is 26.3 Å². The normalized spacial score (nSPS) is 14.4. The van der Waals surface area contributed by atoms with E-state index in [9.17, 15) is 9.59 Å². The molecular formula is C25H28N2O5. The van der Waals surface area contributed by atoms with E-state index in [2.05, 4.69) is 10.2 Å². The van der Waals surface area contributed by atoms with Gasteiger partial charge in [-0.05, 0) is 42.3 Å². The first-order chi connectivity index (χ1) is 15.6. The number of anilines is 1. The molecule has 0 atom stereocenters. The zero-order valence-corrected chi connectivity index (χ0v) is 18.5. The van der Waals surface area contributed by atoms with E-state index < -0.39 is 11.5 Å². The van der Waals surface area contributed by atoms with E-state index >= 15 is 0 Å². The number of nitrogens with zero attached hydrogens (tertiary/aromatic N) is 1. The predicted octanol–water partition coefficient (Wildman–Crippen LogP) is 3.84. The van der Waals surface area contributed by atoms with Crippen molar-refractivity contribution in [1.82, 2.24) is 4.90 Å². The van der Waals surface area contributed by atoms with Gasteiger partial charge in [0.05, 0.1) is 20.3 Å². The van der Waals surface area contributed by atoms with Crippen molar-refractivity contribution in [1.29, 1.82) is 0 Å². The predicted molar refractivity (Wildman–Crippen MR) is 124 cm³/mol. The molecule has 1 N–H and O–H groups in total. The van der Waals surface area contributed by atoms with E-state index in [0.717, 1.165) is 50.4 Å². The number of aryl methyl sites for hydroxylation is 1. The molecule has 1 aliphatic heterocycles. The van der Waals surface area contributed by atoms with Crippen LogP contribution in [0.25, 0.3) is 11.0 Å². The van der Waals surface area contributed by atoms with E-state index in [1.807, 2.05) is 37.3 Å². The standard InChI is InChI=1S/C25H28N2O5/c1-3-5-20-22(30-2)9-8-18-15-21(25(29)32-23(18)20)24(28)26-19-7-4-6-17(14-19)16-27-10-12-31-13-11-27/h4,6-9,14-15H,3,5,10-13,16H2,1-2H3,(H,26,28). The van der Waals surface area contributed by atoms with Gasteiger partial charge in [-0.15, -0.1) is 0 Å². The molecule has 0 unspecified atom stereocenters. The summed E-state index contributed by atoms with van der Waals surface area (Å²) in [4.78, 5) is 27.9. The second kappa shape index (κ2) is 9.97. The fourth-order valence-corrected chi connectivity index (χ4v) is 4.02. The Morgan fingerprint density at radius 3 is 2.72 bits per heavy atom. The molecule has 1 aromatic heterocycles. The van der Waals surface area contributed by atoms with E-state index in [1.165, 1.54) is 0 Å². The SMILES string of the molecule is CCCc1c(OC)ccc2cc(C(=O)Nc3cccc(CN4CCOCC4)c3)c(=O)oc12. The number of rotatable bonds is 7. The van der Waals surface area contributed by atoms with Crippen LogP contribution in [0.3, 0.4) is 0 Å². The molecule has 3 aromatic rings. The van der Waals surface area contributed by atoms with Gasteiger partial charge in [0.25, 0.3) is 5.91 Å². The summed E-state index contributed by atoms with van der Waals surface area (Å²) in [5, 5.41) is 3.53. The third-order valence-corrected chi connectivity index (χ3v) is 5.62. The van der Waals surface area contributed by atoms with Crippen molar-refractivity contribution in [3.8, 4) is 5.75 Å². The number of fused-ring (bicyclic) bond motifs is 1. The molecule has 4 rings (SSSR count). The maximum atomic E-state index is 12.9. The first-order valence-electron chi connectivity index (χ1n) is 10.9. The Labute approximate surface area is 186 Å². The highest BCUT2D eigenvalue weighted by molar-refractivity contribution is 6.05. The van der Waals surface area contributed by atoms with Crippen LogP contribution in [-0.4, -0.2) is 44.2 Å². The van der Waals surface area contributed by atoms with Crippen LogP contribution in [0.1, 0.15) is 34.8 Å². The van der Waals surface area contributed by atoms with Gasteiger partial charge in [0.1, 0.15) is 16.9 Å². The van der Waals surface area contributed by atoms with Crippen LogP contribution >= 0.6 is 0 Å². The lowest BCUT2D eigenvalue weighted by Crippen LogP contribution is -2.35. The maximum absolute atomic E-state index is 12.9. The van der Waals surface area contributed by atoms with E-state index in [4.69, 9.17) is 13.9 Å². The molecule has 1 amide bonds. The summed E-state index contributed by atoms with van der Waals surface area (Å²) in [6.45, 7) is 6.08. The van der Waals surface area contributed by atoms with E-state index in [1.54, 1.807) is 19.2 Å². The maximum Gasteiger partial charge on any atom is 0.349 e. The number of nitrogens with one attached hydrogen (secondary N) is 1. The van der Waals surface area contributed by atoms with Crippen molar-refractivity contribution < 1.29 is 18.7 Å². The Bertz CT molecular complexity index is 1160. The zero-order chi connectivity index (χ0) is 22.5. The number of hydrogen-bond acceptors (Lipinski definition) is 6. The third kappa shape index (κ3) is 4.84. The summed E-state index contributed by atoms with van der Waals surface area (Å²) in [5.41, 5.74) is 2.36. The van der Waals surface area contributed by atoms with Crippen molar-refractivity contribution in [3.63, 3.8) is 0 Å². The summed E-state index contributed by atoms with van der Waals surface area (Å²) >= 11 is 0. The van der Waals surface area contributed by atoms with E-state index in [-0.39, 0.29) is 5.56 Å². The van der Waals surface area contributed by atoms with Crippen LogP contribution in [0, 0.1) is 0 Å². The highest BCUT2D eigenvalue weighted by atomic mass is 16.5. The summed E-state index contributed by atoms with van der Waals surface area (Å²) in [6.07, 6.45) is 1.59. The molecule has 0 spiro atoms. The summed E-state index contributed by atoms with van der Waals surface area (Å²) in [7, 11) is 1.59. The third-order valence-electron chi connectivity index (χ3n) is 5.62. The van der Waals surface area contributed by atoms with E-state index in [0.29, 0.717) is 28.8 Å². The average Bonchev–Trinajstić information content (AvgIpc) is 2.80. The first kappa shape index (κ1) is 22.0. The molecule has 7 heteroatoms. The van der Waals surface area contributed by atoms with Gasteiger partial charge in [0.2, 0.25) is 0 Å². The smallest absolute Gasteiger partial charge is 0.349 e. The van der Waals surface area contributed by atoms with Gasteiger partial charge in [0, 0.05) is 36.3 Å². The molecule has 2 aromatic carbocycles. The molecule has 0 radical (unpaired) electrons. The topological polar surface area (TPSA) is 81.0 Å². The Balaban J connectivity index is 1.57. The minimum atomic E-state index is -0.662. The molecule has 32 heavy (non-hydrogen) atoms. The molecule has 1 saturated heterocycles. The molecule has 168 valence electrons. The number of methoxy groups -OCH3 is 1. The van der Waals surface area contributed by atoms with Crippen LogP contribution in [0.15, 0.2) is 51.7 Å². The van der Waals surface area contributed by atoms with Gasteiger partial charge in [-0.1, -0.05) is 25.5 Å². The van der Waals surface area contributed by atoms with Gasteiger partial charge >= 0.3 is 5.63 Å². The van der Waals surface area contributed by atoms with Crippen molar-refractivity contribution >= 4 is 22.6 Å². The van der Waals surface area contributed by atoms with Crippen LogP contribution in [0.5, 0.6) is 5.75 Å². The number of amides is 1. The van der Waals surface area contributed by atoms with Crippen LogP contribution in [0.4, 0.5) is 5.69 Å². The Morgan fingerprint density at radius 2 is 1.97 bits per heavy atom. The van der Waals surface area contributed by atoms with Crippen molar-refractivity contribution in [2.24, 2.45) is 0 Å². The van der Waals surface area contributed by atoms with Gasteiger partial charge in [0.15, 0.2) is 0 Å². The Morgan fingerprint density at radius 1 is 1.16 bits per heavy atom. The molecule has 7 nitrogen and oxygen atoms in total. The molecule has 0 aliphatic carbocycles. The van der Waals surface area contributed by atoms with Crippen LogP contribution in [0.2, 0.25) is 0 Å². The van der Waals surface area contributed by atoms with Gasteiger partial charge in [-0.2, -0.15) is 0 Å². The molecule has 2 heterocycles. The largest absolute Gasteiger partial charge is 0.496 e. The summed E-state index contributed by atoms with van der Waals surface area (Å²) in [6, 6.07) is 12.9. The number of carbonyl (C=O) groups excluding carboxylic acids is 1. The number of morpholine rings is 1. The number of hydrogen-bond donors (Lipinski definition) is 1. The molecule has 1 aliphatic rings. The highest BCUT2D eigenvalue weighted by Gasteiger charge is 2.18. The summed E-state index contributed by atoms with van der Waals surface area (Å²) < 4.78 is 16.4. The molecular weight excluding hydrogens is 408 g/mol. The highest BCUT2D eigenvalue weighted by Crippen LogP contribution is 2.29. The Kier molecular flexibility index (Phi) is 6.87. The number of benzene rings is 2. The molecule has 0 bridgehead atoms. The second-order valence-electron chi connectivity index (χ2n) is 7.91. The average molecular weight is 437 g/mol. The first-order valence-corrected chi connectivity index (χ1v) is 10.9. The van der Waals surface area contributed by atoms with Crippen LogP contribution < -0.4 is 15.7 Å². The monoisotopic (exact) mass is 436 g/mol. The second-order valence-corrected chi connectivity index (χ2v) is 7.91. The fraction of sp³-hybridized carbons (Fsp3) is 0.360. The minimum absolute atomic E-state index is 0.0244. The van der Waals surface area contributed by atoms with Gasteiger partial charge in [-0.25, -0.2) is 4.79 Å². The Hall–Kier alpha value is -3.16. The van der Waals surface area contributed by atoms with Gasteiger partial charge in [-0.3, -0.25) is 9.69 Å². The fourth-order valence-electron chi connectivity index (χ4n) is 4.02. The van der Waals surface area contributed by atoms with Crippen molar-refractivity contribution in [3.05, 3.63) is 69.6 Å². The summed E-state index contributed by atoms with van der Waals surface area (Å²) in [5.74, 6) is 0.189. The number of ether oxygens (including phenoxy) is 2. The number of carbonyl (C=O) groups is 1. The minimum Gasteiger partial charge on any atom is -0.496 e. The lowest BCUT2D eigenvalue weighted by Gasteiger charge is -2.26. The van der Waals surface area contributed by atoms with Crippen molar-refractivity contribution in [2.75, 3.05) is 38.7 Å². The van der Waals surface area contributed by atoms with Crippen LogP contribution in [-0.2, 0) is 17.7 Å². The quantitative estimate of drug-likeness (QED) is 0.567. The molecule has 1 fully saturated rings. The lowest BCUT2D eigenvalue weighted by molar-refractivity contribution is 0.0342. The molecule has 0 saturated carbocycles. The lowest BCUT2D eigenvalue weighted by atomic mass is 10.0. The zero-order valence-electron chi connectivity index (χ0n) is 18.5. The van der Waals surface area contributed by atoms with Gasteiger partial charge < -0.3 is 19.2 Å².